The molecule has 2 aromatic carbocycles. The standard InChI is InChI=1S/C20H20N2O2S/c1-14(2)13-22-19(24)18(12-15-8-10-17(23)11-9-15)25-20(22)21-16-6-4-3-5-7-16/h3-12,14,23H,13H2,1-2H3/b18-12-,21-20?. The van der Waals surface area contributed by atoms with Gasteiger partial charge in [0.15, 0.2) is 5.17 Å². The minimum atomic E-state index is -0.0264. The van der Waals surface area contributed by atoms with E-state index in [1.165, 1.54) is 11.8 Å². The number of nitrogens with zero attached hydrogens (tertiary/aromatic N) is 2. The first-order valence-corrected chi connectivity index (χ1v) is 8.99. The molecule has 0 spiro atoms. The van der Waals surface area contributed by atoms with Gasteiger partial charge in [-0.05, 0) is 53.6 Å². The number of carbonyl (C=O) groups excluding carboxylic acids is 1. The lowest BCUT2D eigenvalue weighted by Gasteiger charge is -2.17. The van der Waals surface area contributed by atoms with E-state index in [9.17, 15) is 9.90 Å². The van der Waals surface area contributed by atoms with Gasteiger partial charge >= 0.3 is 0 Å². The average molecular weight is 352 g/mol. The summed E-state index contributed by atoms with van der Waals surface area (Å²) >= 11 is 1.39. The molecule has 1 saturated heterocycles. The highest BCUT2D eigenvalue weighted by atomic mass is 32.2. The van der Waals surface area contributed by atoms with Gasteiger partial charge in [-0.3, -0.25) is 9.69 Å². The fourth-order valence-electron chi connectivity index (χ4n) is 2.45. The van der Waals surface area contributed by atoms with Gasteiger partial charge in [0.05, 0.1) is 10.6 Å². The molecule has 128 valence electrons. The molecule has 0 atom stereocenters. The lowest BCUT2D eigenvalue weighted by molar-refractivity contribution is -0.122. The molecular formula is C20H20N2O2S. The van der Waals surface area contributed by atoms with E-state index in [2.05, 4.69) is 18.8 Å². The molecule has 0 radical (unpaired) electrons. The molecule has 3 rings (SSSR count). The van der Waals surface area contributed by atoms with Crippen molar-refractivity contribution < 1.29 is 9.90 Å². The molecular weight excluding hydrogens is 332 g/mol. The van der Waals surface area contributed by atoms with Crippen molar-refractivity contribution in [3.05, 3.63) is 65.1 Å². The molecule has 1 N–H and O–H groups in total. The summed E-state index contributed by atoms with van der Waals surface area (Å²) in [7, 11) is 0. The fourth-order valence-corrected chi connectivity index (χ4v) is 3.46. The number of benzene rings is 2. The van der Waals surface area contributed by atoms with Gasteiger partial charge in [-0.25, -0.2) is 4.99 Å². The van der Waals surface area contributed by atoms with Crippen LogP contribution in [0, 0.1) is 5.92 Å². The highest BCUT2D eigenvalue weighted by Gasteiger charge is 2.33. The summed E-state index contributed by atoms with van der Waals surface area (Å²) in [6.07, 6.45) is 1.84. The number of rotatable bonds is 4. The minimum absolute atomic E-state index is 0.0264. The van der Waals surface area contributed by atoms with Crippen LogP contribution in [0.1, 0.15) is 19.4 Å². The Morgan fingerprint density at radius 2 is 1.80 bits per heavy atom. The molecule has 0 aliphatic carbocycles. The fraction of sp³-hybridized carbons (Fsp3) is 0.200. The first-order chi connectivity index (χ1) is 12.0. The van der Waals surface area contributed by atoms with E-state index < -0.39 is 0 Å². The molecule has 0 unspecified atom stereocenters. The van der Waals surface area contributed by atoms with Crippen LogP contribution in [0.3, 0.4) is 0 Å². The number of aliphatic imine (C=N–C) groups is 1. The molecule has 25 heavy (non-hydrogen) atoms. The topological polar surface area (TPSA) is 52.9 Å². The van der Waals surface area contributed by atoms with Crippen LogP contribution in [0.5, 0.6) is 5.75 Å². The largest absolute Gasteiger partial charge is 0.508 e. The summed E-state index contributed by atoms with van der Waals surface area (Å²) in [6, 6.07) is 16.5. The molecule has 1 aliphatic heterocycles. The van der Waals surface area contributed by atoms with E-state index in [0.29, 0.717) is 22.5 Å². The van der Waals surface area contributed by atoms with Gasteiger partial charge in [-0.1, -0.05) is 44.2 Å². The van der Waals surface area contributed by atoms with Crippen LogP contribution in [0.25, 0.3) is 6.08 Å². The summed E-state index contributed by atoms with van der Waals surface area (Å²) in [6.45, 7) is 4.80. The Bertz CT molecular complexity index is 811. The second kappa shape index (κ2) is 7.57. The Balaban J connectivity index is 1.93. The Morgan fingerprint density at radius 1 is 1.12 bits per heavy atom. The molecule has 0 saturated carbocycles. The monoisotopic (exact) mass is 352 g/mol. The molecule has 2 aromatic rings. The Kier molecular flexibility index (Phi) is 5.24. The number of hydrogen-bond donors (Lipinski definition) is 1. The molecule has 1 fully saturated rings. The summed E-state index contributed by atoms with van der Waals surface area (Å²) in [5.41, 5.74) is 1.71. The molecule has 4 nitrogen and oxygen atoms in total. The van der Waals surface area contributed by atoms with Crippen LogP contribution < -0.4 is 0 Å². The lowest BCUT2D eigenvalue weighted by Crippen LogP contribution is -2.32. The van der Waals surface area contributed by atoms with Crippen LogP contribution in [0.15, 0.2) is 64.5 Å². The second-order valence-corrected chi connectivity index (χ2v) is 7.25. The van der Waals surface area contributed by atoms with Gasteiger partial charge in [-0.15, -0.1) is 0 Å². The summed E-state index contributed by atoms with van der Waals surface area (Å²) < 4.78 is 0. The number of hydrogen-bond acceptors (Lipinski definition) is 4. The van der Waals surface area contributed by atoms with Crippen molar-refractivity contribution in [2.75, 3.05) is 6.54 Å². The zero-order valence-corrected chi connectivity index (χ0v) is 15.0. The van der Waals surface area contributed by atoms with Gasteiger partial charge in [-0.2, -0.15) is 0 Å². The summed E-state index contributed by atoms with van der Waals surface area (Å²) in [5, 5.41) is 10.1. The number of amidine groups is 1. The number of carbonyl (C=O) groups is 1. The predicted molar refractivity (Wildman–Crippen MR) is 104 cm³/mol. The van der Waals surface area contributed by atoms with E-state index in [4.69, 9.17) is 0 Å². The van der Waals surface area contributed by atoms with Crippen LogP contribution in [0.2, 0.25) is 0 Å². The van der Waals surface area contributed by atoms with Crippen molar-refractivity contribution in [1.29, 1.82) is 0 Å². The van der Waals surface area contributed by atoms with Gasteiger partial charge in [0.1, 0.15) is 5.75 Å². The van der Waals surface area contributed by atoms with Crippen LogP contribution >= 0.6 is 11.8 Å². The molecule has 5 heteroatoms. The van der Waals surface area contributed by atoms with Crippen molar-refractivity contribution in [1.82, 2.24) is 4.90 Å². The van der Waals surface area contributed by atoms with Gasteiger partial charge in [0.25, 0.3) is 5.91 Å². The van der Waals surface area contributed by atoms with Crippen molar-refractivity contribution >= 4 is 34.6 Å². The molecule has 1 aliphatic rings. The van der Waals surface area contributed by atoms with Crippen molar-refractivity contribution in [2.45, 2.75) is 13.8 Å². The maximum atomic E-state index is 12.8. The van der Waals surface area contributed by atoms with Gasteiger partial charge in [0, 0.05) is 6.54 Å². The number of aromatic hydroxyl groups is 1. The predicted octanol–water partition coefficient (Wildman–Crippen LogP) is 4.65. The summed E-state index contributed by atoms with van der Waals surface area (Å²) in [4.78, 5) is 19.9. The maximum absolute atomic E-state index is 12.8. The van der Waals surface area contributed by atoms with Crippen molar-refractivity contribution in [3.8, 4) is 5.75 Å². The Hall–Kier alpha value is -2.53. The third-order valence-corrected chi connectivity index (χ3v) is 4.61. The van der Waals surface area contributed by atoms with Crippen LogP contribution in [-0.4, -0.2) is 27.6 Å². The normalized spacial score (nSPS) is 17.9. The van der Waals surface area contributed by atoms with E-state index in [0.717, 1.165) is 11.3 Å². The van der Waals surface area contributed by atoms with Gasteiger partial charge < -0.3 is 5.11 Å². The second-order valence-electron chi connectivity index (χ2n) is 6.24. The summed E-state index contributed by atoms with van der Waals surface area (Å²) in [5.74, 6) is 0.528. The highest BCUT2D eigenvalue weighted by molar-refractivity contribution is 8.18. The van der Waals surface area contributed by atoms with Crippen LogP contribution in [-0.2, 0) is 4.79 Å². The molecule has 0 aromatic heterocycles. The first-order valence-electron chi connectivity index (χ1n) is 8.17. The maximum Gasteiger partial charge on any atom is 0.266 e. The number of thioether (sulfide) groups is 1. The average Bonchev–Trinajstić information content (AvgIpc) is 2.86. The number of para-hydroxylation sites is 1. The van der Waals surface area contributed by atoms with E-state index in [1.807, 2.05) is 36.4 Å². The molecule has 1 amide bonds. The molecule has 0 bridgehead atoms. The smallest absolute Gasteiger partial charge is 0.266 e. The van der Waals surface area contributed by atoms with E-state index in [1.54, 1.807) is 29.2 Å². The number of phenolic OH excluding ortho intramolecular Hbond substituents is 1. The van der Waals surface area contributed by atoms with E-state index in [-0.39, 0.29) is 11.7 Å². The zero-order valence-electron chi connectivity index (χ0n) is 14.2. The van der Waals surface area contributed by atoms with E-state index >= 15 is 0 Å². The first kappa shape index (κ1) is 17.3. The quantitative estimate of drug-likeness (QED) is 0.815. The van der Waals surface area contributed by atoms with Crippen molar-refractivity contribution in [2.24, 2.45) is 10.9 Å². The Labute approximate surface area is 151 Å². The highest BCUT2D eigenvalue weighted by Crippen LogP contribution is 2.34. The number of phenols is 1. The molecule has 1 heterocycles. The van der Waals surface area contributed by atoms with Gasteiger partial charge in [0.2, 0.25) is 0 Å². The Morgan fingerprint density at radius 3 is 2.44 bits per heavy atom. The van der Waals surface area contributed by atoms with Crippen molar-refractivity contribution in [3.63, 3.8) is 0 Å². The minimum Gasteiger partial charge on any atom is -0.508 e. The zero-order chi connectivity index (χ0) is 17.8. The third-order valence-electron chi connectivity index (χ3n) is 3.61. The van der Waals surface area contributed by atoms with Crippen LogP contribution in [0.4, 0.5) is 5.69 Å². The SMILES string of the molecule is CC(C)CN1C(=O)/C(=C/c2ccc(O)cc2)SC1=Nc1ccccc1. The third kappa shape index (κ3) is 4.31. The number of amides is 1. The lowest BCUT2D eigenvalue weighted by atomic mass is 10.2.